The van der Waals surface area contributed by atoms with Gasteiger partial charge in [-0.1, -0.05) is 13.8 Å². The number of hydrogen-bond acceptors (Lipinski definition) is 1. The second-order valence-electron chi connectivity index (χ2n) is 3.47. The minimum absolute atomic E-state index is 0.0509. The molecule has 0 spiro atoms. The van der Waals surface area contributed by atoms with Crippen molar-refractivity contribution in [3.8, 4) is 0 Å². The fraction of sp³-hybridized carbons (Fsp3) is 0.889. The third-order valence-electron chi connectivity index (χ3n) is 1.66. The van der Waals surface area contributed by atoms with E-state index in [0.717, 1.165) is 13.0 Å². The van der Waals surface area contributed by atoms with Crippen LogP contribution in [0.2, 0.25) is 0 Å². The monoisotopic (exact) mass is 157 g/mol. The van der Waals surface area contributed by atoms with Crippen molar-refractivity contribution in [3.63, 3.8) is 0 Å². The number of nitrogens with zero attached hydrogens (tertiary/aromatic N) is 1. The molecule has 0 atom stereocenters. The number of rotatable bonds is 0. The minimum atomic E-state index is 0.0509. The van der Waals surface area contributed by atoms with E-state index in [2.05, 4.69) is 20.8 Å². The molecule has 1 amide bonds. The lowest BCUT2D eigenvalue weighted by molar-refractivity contribution is -0.146. The lowest BCUT2D eigenvalue weighted by Crippen LogP contribution is -2.54. The van der Waals surface area contributed by atoms with Crippen LogP contribution in [0.5, 0.6) is 0 Å². The Bertz CT molecular complexity index is 135. The predicted octanol–water partition coefficient (Wildman–Crippen LogP) is 2.04. The van der Waals surface area contributed by atoms with Crippen LogP contribution in [0.25, 0.3) is 0 Å². The molecule has 2 nitrogen and oxygen atoms in total. The van der Waals surface area contributed by atoms with E-state index >= 15 is 0 Å². The highest BCUT2D eigenvalue weighted by Crippen LogP contribution is 2.21. The Morgan fingerprint density at radius 2 is 1.73 bits per heavy atom. The molecule has 1 fully saturated rings. The van der Waals surface area contributed by atoms with Gasteiger partial charge in [0, 0.05) is 18.5 Å². The molecule has 66 valence electrons. The van der Waals surface area contributed by atoms with Crippen molar-refractivity contribution in [3.05, 3.63) is 0 Å². The summed E-state index contributed by atoms with van der Waals surface area (Å²) in [6, 6.07) is 0. The second-order valence-corrected chi connectivity index (χ2v) is 3.47. The summed E-state index contributed by atoms with van der Waals surface area (Å²) in [5, 5.41) is 0. The summed E-state index contributed by atoms with van der Waals surface area (Å²) in [6.45, 7) is 11.1. The van der Waals surface area contributed by atoms with Crippen molar-refractivity contribution >= 4 is 5.91 Å². The van der Waals surface area contributed by atoms with Crippen LogP contribution in [0.3, 0.4) is 0 Å². The zero-order chi connectivity index (χ0) is 9.07. The lowest BCUT2D eigenvalue weighted by atomic mass is 10.0. The molecule has 1 aliphatic rings. The third kappa shape index (κ3) is 2.52. The van der Waals surface area contributed by atoms with Gasteiger partial charge in [-0.05, 0) is 20.8 Å². The fourth-order valence-electron chi connectivity index (χ4n) is 1.02. The van der Waals surface area contributed by atoms with Gasteiger partial charge in [-0.15, -0.1) is 0 Å². The molecule has 0 aromatic heterocycles. The molecule has 0 saturated carbocycles. The van der Waals surface area contributed by atoms with Crippen molar-refractivity contribution in [2.45, 2.75) is 46.6 Å². The molecular weight excluding hydrogens is 138 g/mol. The molecule has 0 N–H and O–H groups in total. The Morgan fingerprint density at radius 1 is 1.27 bits per heavy atom. The molecule has 2 heteroatoms. The maximum absolute atomic E-state index is 10.8. The van der Waals surface area contributed by atoms with E-state index in [1.165, 1.54) is 0 Å². The van der Waals surface area contributed by atoms with Crippen LogP contribution in [0.15, 0.2) is 0 Å². The Hall–Kier alpha value is -0.530. The van der Waals surface area contributed by atoms with Gasteiger partial charge >= 0.3 is 0 Å². The minimum Gasteiger partial charge on any atom is -0.337 e. The van der Waals surface area contributed by atoms with Crippen molar-refractivity contribution in [2.24, 2.45) is 0 Å². The van der Waals surface area contributed by atoms with Gasteiger partial charge in [0.05, 0.1) is 0 Å². The number of β-lactam (4-membered cyclic amide) rings is 1. The third-order valence-corrected chi connectivity index (χ3v) is 1.66. The molecule has 0 unspecified atom stereocenters. The van der Waals surface area contributed by atoms with E-state index in [-0.39, 0.29) is 5.54 Å². The van der Waals surface area contributed by atoms with Gasteiger partial charge in [0.1, 0.15) is 0 Å². The van der Waals surface area contributed by atoms with E-state index < -0.39 is 0 Å². The van der Waals surface area contributed by atoms with Crippen molar-refractivity contribution in [2.75, 3.05) is 6.54 Å². The van der Waals surface area contributed by atoms with Crippen LogP contribution in [-0.2, 0) is 4.79 Å². The maximum atomic E-state index is 10.8. The zero-order valence-electron chi connectivity index (χ0n) is 8.27. The number of amides is 1. The van der Waals surface area contributed by atoms with Crippen molar-refractivity contribution in [1.29, 1.82) is 0 Å². The van der Waals surface area contributed by atoms with E-state index in [9.17, 15) is 4.79 Å². The van der Waals surface area contributed by atoms with Gasteiger partial charge in [-0.3, -0.25) is 4.79 Å². The van der Waals surface area contributed by atoms with E-state index in [0.29, 0.717) is 5.91 Å². The Morgan fingerprint density at radius 3 is 1.73 bits per heavy atom. The van der Waals surface area contributed by atoms with Crippen LogP contribution in [0.4, 0.5) is 0 Å². The SMILES string of the molecule is CC.CC(C)(C)N1CCC1=O. The molecule has 0 aromatic rings. The molecular formula is C9H19NO. The zero-order valence-corrected chi connectivity index (χ0v) is 8.27. The number of hydrogen-bond donors (Lipinski definition) is 0. The first-order valence-corrected chi connectivity index (χ1v) is 4.32. The van der Waals surface area contributed by atoms with Crippen molar-refractivity contribution < 1.29 is 4.79 Å². The Balaban J connectivity index is 0.000000461. The molecule has 11 heavy (non-hydrogen) atoms. The highest BCUT2D eigenvalue weighted by atomic mass is 16.2. The largest absolute Gasteiger partial charge is 0.337 e. The highest BCUT2D eigenvalue weighted by molar-refractivity contribution is 5.82. The summed E-state index contributed by atoms with van der Waals surface area (Å²) in [5.74, 6) is 0.294. The molecule has 1 saturated heterocycles. The maximum Gasteiger partial charge on any atom is 0.224 e. The van der Waals surface area contributed by atoms with E-state index in [1.54, 1.807) is 0 Å². The molecule has 0 radical (unpaired) electrons. The summed E-state index contributed by atoms with van der Waals surface area (Å²) in [6.07, 6.45) is 0.747. The molecule has 1 rings (SSSR count). The van der Waals surface area contributed by atoms with Gasteiger partial charge in [0.25, 0.3) is 0 Å². The molecule has 1 aliphatic heterocycles. The van der Waals surface area contributed by atoms with Crippen LogP contribution >= 0.6 is 0 Å². The topological polar surface area (TPSA) is 20.3 Å². The second kappa shape index (κ2) is 3.74. The van der Waals surface area contributed by atoms with Crippen LogP contribution in [-0.4, -0.2) is 22.9 Å². The van der Waals surface area contributed by atoms with Gasteiger partial charge < -0.3 is 4.90 Å². The first-order valence-electron chi connectivity index (χ1n) is 4.32. The fourth-order valence-corrected chi connectivity index (χ4v) is 1.02. The highest BCUT2D eigenvalue weighted by Gasteiger charge is 2.32. The summed E-state index contributed by atoms with van der Waals surface area (Å²) < 4.78 is 0. The van der Waals surface area contributed by atoms with Gasteiger partial charge in [0.2, 0.25) is 5.91 Å². The number of carbonyl (C=O) groups is 1. The summed E-state index contributed by atoms with van der Waals surface area (Å²) >= 11 is 0. The summed E-state index contributed by atoms with van der Waals surface area (Å²) in [7, 11) is 0. The van der Waals surface area contributed by atoms with E-state index in [1.807, 2.05) is 18.7 Å². The van der Waals surface area contributed by atoms with E-state index in [4.69, 9.17) is 0 Å². The molecule has 0 aromatic carbocycles. The molecule has 1 heterocycles. The Labute approximate surface area is 69.6 Å². The van der Waals surface area contributed by atoms with Gasteiger partial charge in [-0.25, -0.2) is 0 Å². The normalized spacial score (nSPS) is 16.8. The smallest absolute Gasteiger partial charge is 0.224 e. The van der Waals surface area contributed by atoms with Crippen LogP contribution in [0, 0.1) is 0 Å². The van der Waals surface area contributed by atoms with Gasteiger partial charge in [-0.2, -0.15) is 0 Å². The quantitative estimate of drug-likeness (QED) is 0.493. The lowest BCUT2D eigenvalue weighted by Gasteiger charge is -2.42. The Kier molecular flexibility index (Phi) is 3.56. The van der Waals surface area contributed by atoms with Crippen molar-refractivity contribution in [1.82, 2.24) is 4.90 Å². The standard InChI is InChI=1S/C7H13NO.C2H6/c1-7(2,3)8-5-4-6(8)9;1-2/h4-5H2,1-3H3;1-2H3. The average Bonchev–Trinajstić information content (AvgIpc) is 1.86. The first kappa shape index (κ1) is 10.5. The average molecular weight is 157 g/mol. The predicted molar refractivity (Wildman–Crippen MR) is 47.4 cm³/mol. The van der Waals surface area contributed by atoms with Gasteiger partial charge in [0.15, 0.2) is 0 Å². The number of carbonyl (C=O) groups excluding carboxylic acids is 1. The molecule has 0 aliphatic carbocycles. The first-order chi connectivity index (χ1) is 5.02. The summed E-state index contributed by atoms with van der Waals surface area (Å²) in [5.41, 5.74) is 0.0509. The number of likely N-dealkylation sites (tertiary alicyclic amines) is 1. The van der Waals surface area contributed by atoms with Crippen LogP contribution < -0.4 is 0 Å². The molecule has 0 bridgehead atoms. The summed E-state index contributed by atoms with van der Waals surface area (Å²) in [4.78, 5) is 12.7. The van der Waals surface area contributed by atoms with Crippen LogP contribution in [0.1, 0.15) is 41.0 Å².